The maximum Gasteiger partial charge on any atom is 0.0917 e. The van der Waals surface area contributed by atoms with Crippen molar-refractivity contribution in [3.63, 3.8) is 0 Å². The van der Waals surface area contributed by atoms with Crippen LogP contribution in [-0.2, 0) is 0 Å². The largest absolute Gasteiger partial charge is 0.387 e. The van der Waals surface area contributed by atoms with Crippen LogP contribution in [-0.4, -0.2) is 28.6 Å². The zero-order chi connectivity index (χ0) is 16.4. The van der Waals surface area contributed by atoms with E-state index in [-0.39, 0.29) is 6.10 Å². The van der Waals surface area contributed by atoms with Crippen LogP contribution in [0.25, 0.3) is 6.08 Å². The number of aliphatic hydroxyl groups excluding tert-OH is 1. The van der Waals surface area contributed by atoms with Crippen molar-refractivity contribution in [1.82, 2.24) is 4.90 Å². The maximum absolute atomic E-state index is 10.6. The van der Waals surface area contributed by atoms with E-state index in [0.29, 0.717) is 12.1 Å². The first-order valence-corrected chi connectivity index (χ1v) is 9.03. The number of hydrogen-bond acceptors (Lipinski definition) is 2. The Morgan fingerprint density at radius 3 is 2.12 bits per heavy atom. The first kappa shape index (κ1) is 15.6. The van der Waals surface area contributed by atoms with Crippen LogP contribution in [0.3, 0.4) is 0 Å². The Bertz CT molecular complexity index is 678. The Labute approximate surface area is 144 Å². The van der Waals surface area contributed by atoms with E-state index in [9.17, 15) is 5.11 Å². The van der Waals surface area contributed by atoms with E-state index in [1.54, 1.807) is 5.57 Å². The van der Waals surface area contributed by atoms with Gasteiger partial charge in [0, 0.05) is 18.6 Å². The summed E-state index contributed by atoms with van der Waals surface area (Å²) in [5.41, 5.74) is 3.91. The van der Waals surface area contributed by atoms with E-state index < -0.39 is 0 Å². The minimum atomic E-state index is -0.381. The molecular formula is C22H25NO. The van der Waals surface area contributed by atoms with Crippen LogP contribution in [0.2, 0.25) is 0 Å². The lowest BCUT2D eigenvalue weighted by atomic mass is 9.94. The topological polar surface area (TPSA) is 23.5 Å². The van der Waals surface area contributed by atoms with Crippen LogP contribution in [0.1, 0.15) is 42.9 Å². The molecule has 2 bridgehead atoms. The molecule has 2 aromatic carbocycles. The Hall–Kier alpha value is -1.90. The van der Waals surface area contributed by atoms with Crippen LogP contribution in [0.5, 0.6) is 0 Å². The van der Waals surface area contributed by atoms with Gasteiger partial charge in [0.05, 0.1) is 6.10 Å². The van der Waals surface area contributed by atoms with Crippen molar-refractivity contribution in [3.05, 3.63) is 77.4 Å². The molecule has 0 amide bonds. The monoisotopic (exact) mass is 319 g/mol. The van der Waals surface area contributed by atoms with E-state index in [0.717, 1.165) is 24.9 Å². The van der Waals surface area contributed by atoms with E-state index in [1.807, 2.05) is 30.3 Å². The summed E-state index contributed by atoms with van der Waals surface area (Å²) >= 11 is 0. The average molecular weight is 319 g/mol. The van der Waals surface area contributed by atoms with Crippen molar-refractivity contribution in [1.29, 1.82) is 0 Å². The molecule has 2 heterocycles. The van der Waals surface area contributed by atoms with Crippen LogP contribution in [0.4, 0.5) is 0 Å². The van der Waals surface area contributed by atoms with Gasteiger partial charge in [-0.2, -0.15) is 0 Å². The number of rotatable bonds is 4. The molecule has 0 saturated carbocycles. The molecule has 24 heavy (non-hydrogen) atoms. The van der Waals surface area contributed by atoms with Gasteiger partial charge in [0.2, 0.25) is 0 Å². The highest BCUT2D eigenvalue weighted by atomic mass is 16.3. The van der Waals surface area contributed by atoms with Crippen molar-refractivity contribution in [2.75, 3.05) is 6.54 Å². The van der Waals surface area contributed by atoms with Gasteiger partial charge >= 0.3 is 0 Å². The fraction of sp³-hybridized carbons (Fsp3) is 0.364. The number of fused-ring (bicyclic) bond motifs is 2. The molecule has 0 aliphatic carbocycles. The SMILES string of the molecule is O[C@H](CN1[C@@H]2CC[C@H]1CC(=Cc1ccccc1)C2)c1ccccc1. The normalized spacial score (nSPS) is 26.6. The molecule has 0 unspecified atom stereocenters. The van der Waals surface area contributed by atoms with Gasteiger partial charge in [-0.05, 0) is 36.8 Å². The minimum Gasteiger partial charge on any atom is -0.387 e. The van der Waals surface area contributed by atoms with Gasteiger partial charge in [0.25, 0.3) is 0 Å². The summed E-state index contributed by atoms with van der Waals surface area (Å²) in [6.07, 6.45) is 6.81. The van der Waals surface area contributed by atoms with E-state index in [2.05, 4.69) is 41.3 Å². The number of piperidine rings is 1. The van der Waals surface area contributed by atoms with Crippen molar-refractivity contribution in [3.8, 4) is 0 Å². The molecule has 2 nitrogen and oxygen atoms in total. The molecule has 2 heteroatoms. The smallest absolute Gasteiger partial charge is 0.0917 e. The average Bonchev–Trinajstić information content (AvgIpc) is 2.86. The number of nitrogens with zero attached hydrogens (tertiary/aromatic N) is 1. The van der Waals surface area contributed by atoms with Gasteiger partial charge in [-0.1, -0.05) is 72.3 Å². The standard InChI is InChI=1S/C22H25NO/c24-22(19-9-5-2-6-10-19)16-23-20-11-12-21(23)15-18(14-20)13-17-7-3-1-4-8-17/h1-10,13,20-22,24H,11-12,14-16H2/t20-,21+,22-/m1/s1. The first-order chi connectivity index (χ1) is 11.8. The fourth-order valence-electron chi connectivity index (χ4n) is 4.32. The molecule has 2 saturated heterocycles. The third-order valence-corrected chi connectivity index (χ3v) is 5.51. The lowest BCUT2D eigenvalue weighted by Gasteiger charge is -2.37. The fourth-order valence-corrected chi connectivity index (χ4v) is 4.32. The number of hydrogen-bond donors (Lipinski definition) is 1. The maximum atomic E-state index is 10.6. The highest BCUT2D eigenvalue weighted by molar-refractivity contribution is 5.53. The summed E-state index contributed by atoms with van der Waals surface area (Å²) in [5.74, 6) is 0. The second-order valence-corrected chi connectivity index (χ2v) is 7.13. The lowest BCUT2D eigenvalue weighted by molar-refractivity contribution is 0.0733. The molecule has 124 valence electrons. The summed E-state index contributed by atoms with van der Waals surface area (Å²) in [6, 6.07) is 21.9. The molecule has 2 aromatic rings. The number of benzene rings is 2. The van der Waals surface area contributed by atoms with Crippen molar-refractivity contribution >= 4 is 6.08 Å². The van der Waals surface area contributed by atoms with Crippen LogP contribution < -0.4 is 0 Å². The second kappa shape index (κ2) is 6.92. The Morgan fingerprint density at radius 2 is 1.50 bits per heavy atom. The molecule has 3 atom stereocenters. The Balaban J connectivity index is 1.45. The van der Waals surface area contributed by atoms with Crippen molar-refractivity contribution in [2.45, 2.75) is 43.9 Å². The van der Waals surface area contributed by atoms with Gasteiger partial charge < -0.3 is 5.11 Å². The lowest BCUT2D eigenvalue weighted by Crippen LogP contribution is -2.42. The molecule has 0 spiro atoms. The van der Waals surface area contributed by atoms with Crippen LogP contribution >= 0.6 is 0 Å². The Kier molecular flexibility index (Phi) is 4.50. The molecule has 1 N–H and O–H groups in total. The first-order valence-electron chi connectivity index (χ1n) is 9.03. The summed E-state index contributed by atoms with van der Waals surface area (Å²) in [6.45, 7) is 0.762. The van der Waals surface area contributed by atoms with Crippen molar-refractivity contribution < 1.29 is 5.11 Å². The molecular weight excluding hydrogens is 294 g/mol. The summed E-state index contributed by atoms with van der Waals surface area (Å²) in [5, 5.41) is 10.6. The minimum absolute atomic E-state index is 0.381. The van der Waals surface area contributed by atoms with Gasteiger partial charge in [0.15, 0.2) is 0 Å². The van der Waals surface area contributed by atoms with Crippen LogP contribution in [0, 0.1) is 0 Å². The zero-order valence-electron chi connectivity index (χ0n) is 14.0. The third-order valence-electron chi connectivity index (χ3n) is 5.51. The van der Waals surface area contributed by atoms with Crippen LogP contribution in [0.15, 0.2) is 66.2 Å². The zero-order valence-corrected chi connectivity index (χ0v) is 14.0. The summed E-state index contributed by atoms with van der Waals surface area (Å²) < 4.78 is 0. The molecule has 2 aliphatic heterocycles. The highest BCUT2D eigenvalue weighted by Gasteiger charge is 2.39. The van der Waals surface area contributed by atoms with E-state index in [1.165, 1.54) is 18.4 Å². The third kappa shape index (κ3) is 3.31. The molecule has 2 aliphatic rings. The molecule has 0 radical (unpaired) electrons. The van der Waals surface area contributed by atoms with Gasteiger partial charge in [-0.15, -0.1) is 0 Å². The summed E-state index contributed by atoms with van der Waals surface area (Å²) in [7, 11) is 0. The molecule has 0 aromatic heterocycles. The molecule has 4 rings (SSSR count). The van der Waals surface area contributed by atoms with Gasteiger partial charge in [0.1, 0.15) is 0 Å². The predicted molar refractivity (Wildman–Crippen MR) is 98.6 cm³/mol. The van der Waals surface area contributed by atoms with Gasteiger partial charge in [-0.25, -0.2) is 0 Å². The quantitative estimate of drug-likeness (QED) is 0.901. The van der Waals surface area contributed by atoms with Crippen molar-refractivity contribution in [2.24, 2.45) is 0 Å². The van der Waals surface area contributed by atoms with E-state index >= 15 is 0 Å². The predicted octanol–water partition coefficient (Wildman–Crippen LogP) is 4.43. The second-order valence-electron chi connectivity index (χ2n) is 7.13. The van der Waals surface area contributed by atoms with Gasteiger partial charge in [-0.3, -0.25) is 4.90 Å². The number of aliphatic hydroxyl groups is 1. The Morgan fingerprint density at radius 1 is 0.917 bits per heavy atom. The molecule has 2 fully saturated rings. The summed E-state index contributed by atoms with van der Waals surface area (Å²) in [4.78, 5) is 2.56. The van der Waals surface area contributed by atoms with E-state index in [4.69, 9.17) is 0 Å². The highest BCUT2D eigenvalue weighted by Crippen LogP contribution is 2.39.